The minimum atomic E-state index is -0.734. The van der Waals surface area contributed by atoms with Crippen molar-refractivity contribution in [3.63, 3.8) is 0 Å². The predicted molar refractivity (Wildman–Crippen MR) is 64.4 cm³/mol. The molecule has 1 aromatic rings. The second-order valence-corrected chi connectivity index (χ2v) is 5.32. The van der Waals surface area contributed by atoms with Gasteiger partial charge in [0.25, 0.3) is 0 Å². The summed E-state index contributed by atoms with van der Waals surface area (Å²) in [5.74, 6) is 0. The van der Waals surface area contributed by atoms with Crippen LogP contribution in [-0.2, 0) is 0 Å². The molecule has 0 aliphatic heterocycles. The molecule has 0 radical (unpaired) electrons. The van der Waals surface area contributed by atoms with Gasteiger partial charge in [-0.1, -0.05) is 0 Å². The van der Waals surface area contributed by atoms with Crippen molar-refractivity contribution >= 4 is 37.5 Å². The minimum absolute atomic E-state index is 0.476. The third-order valence-corrected chi connectivity index (χ3v) is 2.58. The van der Waals surface area contributed by atoms with Crippen molar-refractivity contribution in [3.8, 4) is 0 Å². The van der Waals surface area contributed by atoms with Crippen molar-refractivity contribution in [2.45, 2.75) is 19.4 Å². The van der Waals surface area contributed by atoms with Crippen LogP contribution in [0.1, 0.15) is 13.8 Å². The van der Waals surface area contributed by atoms with E-state index in [0.29, 0.717) is 6.54 Å². The molecule has 2 N–H and O–H groups in total. The van der Waals surface area contributed by atoms with Crippen molar-refractivity contribution in [3.05, 3.63) is 21.3 Å². The number of aromatic nitrogens is 1. The molecule has 0 aliphatic rings. The van der Waals surface area contributed by atoms with Gasteiger partial charge < -0.3 is 10.4 Å². The molecule has 0 saturated carbocycles. The van der Waals surface area contributed by atoms with E-state index in [1.54, 1.807) is 20.0 Å². The molecular weight excluding hydrogens is 312 g/mol. The fraction of sp³-hybridized carbons (Fsp3) is 0.444. The number of pyridine rings is 1. The maximum atomic E-state index is 9.53. The van der Waals surface area contributed by atoms with E-state index < -0.39 is 5.60 Å². The van der Waals surface area contributed by atoms with Crippen LogP contribution in [0.3, 0.4) is 0 Å². The molecule has 0 fully saturated rings. The Balaban J connectivity index is 2.72. The largest absolute Gasteiger partial charge is 0.389 e. The maximum Gasteiger partial charge on any atom is 0.129 e. The Morgan fingerprint density at radius 1 is 1.50 bits per heavy atom. The minimum Gasteiger partial charge on any atom is -0.389 e. The van der Waals surface area contributed by atoms with E-state index in [1.807, 2.05) is 6.07 Å². The summed E-state index contributed by atoms with van der Waals surface area (Å²) in [5.41, 5.74) is 0.128. The summed E-state index contributed by atoms with van der Waals surface area (Å²) in [6, 6.07) is 1.91. The average molecular weight is 324 g/mol. The van der Waals surface area contributed by atoms with Crippen molar-refractivity contribution in [1.82, 2.24) is 4.98 Å². The molecule has 0 aliphatic carbocycles. The SMILES string of the molecule is CC(C)(O)CNc1cc(Br)cnc1Br. The number of nitrogens with one attached hydrogen (secondary N) is 1. The smallest absolute Gasteiger partial charge is 0.129 e. The number of hydrogen-bond donors (Lipinski definition) is 2. The Hall–Kier alpha value is -0.130. The third-order valence-electron chi connectivity index (χ3n) is 1.52. The number of hydrogen-bond acceptors (Lipinski definition) is 3. The van der Waals surface area contributed by atoms with E-state index >= 15 is 0 Å². The van der Waals surface area contributed by atoms with E-state index in [9.17, 15) is 5.11 Å². The fourth-order valence-corrected chi connectivity index (χ4v) is 1.55. The van der Waals surface area contributed by atoms with Crippen molar-refractivity contribution in [1.29, 1.82) is 0 Å². The molecule has 78 valence electrons. The quantitative estimate of drug-likeness (QED) is 0.841. The highest BCUT2D eigenvalue weighted by atomic mass is 79.9. The van der Waals surface area contributed by atoms with Gasteiger partial charge in [0.2, 0.25) is 0 Å². The van der Waals surface area contributed by atoms with Gasteiger partial charge in [0.15, 0.2) is 0 Å². The zero-order valence-electron chi connectivity index (χ0n) is 8.01. The first kappa shape index (κ1) is 11.9. The summed E-state index contributed by atoms with van der Waals surface area (Å²) in [4.78, 5) is 4.10. The van der Waals surface area contributed by atoms with Gasteiger partial charge in [-0.2, -0.15) is 0 Å². The molecule has 0 saturated heterocycles. The van der Waals surface area contributed by atoms with Crippen molar-refractivity contribution in [2.75, 3.05) is 11.9 Å². The molecule has 1 heterocycles. The average Bonchev–Trinajstić information content (AvgIpc) is 2.05. The molecule has 5 heteroatoms. The first-order valence-corrected chi connectivity index (χ1v) is 5.74. The van der Waals surface area contributed by atoms with E-state index in [4.69, 9.17) is 0 Å². The van der Waals surface area contributed by atoms with Gasteiger partial charge >= 0.3 is 0 Å². The number of nitrogens with zero attached hydrogens (tertiary/aromatic N) is 1. The monoisotopic (exact) mass is 322 g/mol. The lowest BCUT2D eigenvalue weighted by molar-refractivity contribution is 0.0945. The summed E-state index contributed by atoms with van der Waals surface area (Å²) in [5, 5.41) is 12.6. The first-order chi connectivity index (χ1) is 6.38. The van der Waals surface area contributed by atoms with Crippen LogP contribution in [0.4, 0.5) is 5.69 Å². The first-order valence-electron chi connectivity index (χ1n) is 4.16. The Labute approximate surface area is 100 Å². The number of halogens is 2. The number of rotatable bonds is 3. The number of anilines is 1. The summed E-state index contributed by atoms with van der Waals surface area (Å²) in [6.45, 7) is 3.97. The predicted octanol–water partition coefficient (Wildman–Crippen LogP) is 2.79. The van der Waals surface area contributed by atoms with Crippen LogP contribution < -0.4 is 5.32 Å². The van der Waals surface area contributed by atoms with Gasteiger partial charge in [0, 0.05) is 17.2 Å². The Kier molecular flexibility index (Phi) is 3.92. The highest BCUT2D eigenvalue weighted by Crippen LogP contribution is 2.23. The lowest BCUT2D eigenvalue weighted by Crippen LogP contribution is -2.29. The van der Waals surface area contributed by atoms with Crippen LogP contribution in [0.2, 0.25) is 0 Å². The van der Waals surface area contributed by atoms with Gasteiger partial charge in [-0.15, -0.1) is 0 Å². The maximum absolute atomic E-state index is 9.53. The lowest BCUT2D eigenvalue weighted by atomic mass is 10.1. The molecule has 0 amide bonds. The molecule has 0 unspecified atom stereocenters. The van der Waals surface area contributed by atoms with Gasteiger partial charge in [0.05, 0.1) is 11.3 Å². The Bertz CT molecular complexity index is 323. The van der Waals surface area contributed by atoms with Crippen LogP contribution in [0.5, 0.6) is 0 Å². The Morgan fingerprint density at radius 2 is 2.14 bits per heavy atom. The summed E-state index contributed by atoms with van der Waals surface area (Å²) in [7, 11) is 0. The van der Waals surface area contributed by atoms with Gasteiger partial charge in [-0.05, 0) is 51.8 Å². The molecule has 3 nitrogen and oxygen atoms in total. The van der Waals surface area contributed by atoms with E-state index in [1.165, 1.54) is 0 Å². The van der Waals surface area contributed by atoms with Crippen molar-refractivity contribution < 1.29 is 5.11 Å². The van der Waals surface area contributed by atoms with E-state index in [2.05, 4.69) is 42.2 Å². The number of aliphatic hydroxyl groups is 1. The highest BCUT2D eigenvalue weighted by Gasteiger charge is 2.12. The normalized spacial score (nSPS) is 11.5. The standard InChI is InChI=1S/C9H12Br2N2O/c1-9(2,14)5-13-7-3-6(10)4-12-8(7)11/h3-4,13-14H,5H2,1-2H3. The summed E-state index contributed by atoms with van der Waals surface area (Å²) in [6.07, 6.45) is 1.71. The fourth-order valence-electron chi connectivity index (χ4n) is 0.858. The van der Waals surface area contributed by atoms with E-state index in [-0.39, 0.29) is 0 Å². The molecule has 0 atom stereocenters. The van der Waals surface area contributed by atoms with Gasteiger partial charge in [0.1, 0.15) is 4.60 Å². The van der Waals surface area contributed by atoms with Crippen LogP contribution in [-0.4, -0.2) is 22.2 Å². The van der Waals surface area contributed by atoms with Crippen LogP contribution in [0, 0.1) is 0 Å². The molecule has 1 aromatic heterocycles. The van der Waals surface area contributed by atoms with Crippen molar-refractivity contribution in [2.24, 2.45) is 0 Å². The molecular formula is C9H12Br2N2O. The molecule has 0 bridgehead atoms. The molecule has 14 heavy (non-hydrogen) atoms. The topological polar surface area (TPSA) is 45.1 Å². The van der Waals surface area contributed by atoms with Gasteiger partial charge in [-0.25, -0.2) is 4.98 Å². The zero-order valence-corrected chi connectivity index (χ0v) is 11.2. The lowest BCUT2D eigenvalue weighted by Gasteiger charge is -2.18. The molecule has 1 rings (SSSR count). The van der Waals surface area contributed by atoms with Crippen LogP contribution >= 0.6 is 31.9 Å². The van der Waals surface area contributed by atoms with Crippen LogP contribution in [0.15, 0.2) is 21.3 Å². The van der Waals surface area contributed by atoms with Gasteiger partial charge in [-0.3, -0.25) is 0 Å². The third kappa shape index (κ3) is 3.94. The molecule has 0 spiro atoms. The zero-order chi connectivity index (χ0) is 10.8. The molecule has 0 aromatic carbocycles. The second-order valence-electron chi connectivity index (χ2n) is 3.66. The van der Waals surface area contributed by atoms with Crippen LogP contribution in [0.25, 0.3) is 0 Å². The summed E-state index contributed by atoms with van der Waals surface area (Å²) < 4.78 is 1.64. The Morgan fingerprint density at radius 3 is 2.71 bits per heavy atom. The highest BCUT2D eigenvalue weighted by molar-refractivity contribution is 9.11. The second kappa shape index (κ2) is 4.59. The van der Waals surface area contributed by atoms with E-state index in [0.717, 1.165) is 14.8 Å². The summed E-state index contributed by atoms with van der Waals surface area (Å²) >= 11 is 6.65.